The molecule has 2 aromatic rings. The van der Waals surface area contributed by atoms with Crippen molar-refractivity contribution in [2.24, 2.45) is 0 Å². The number of carbonyl (C=O) groups is 1. The van der Waals surface area contributed by atoms with Gasteiger partial charge < -0.3 is 4.90 Å². The highest BCUT2D eigenvalue weighted by molar-refractivity contribution is 5.91. The minimum atomic E-state index is -4.55. The van der Waals surface area contributed by atoms with E-state index >= 15 is 0 Å². The second-order valence-corrected chi connectivity index (χ2v) is 5.81. The minimum absolute atomic E-state index is 0.0648. The highest BCUT2D eigenvalue weighted by Crippen LogP contribution is 2.32. The Morgan fingerprint density at radius 2 is 1.89 bits per heavy atom. The molecule has 0 saturated heterocycles. The fourth-order valence-electron chi connectivity index (χ4n) is 2.45. The zero-order chi connectivity index (χ0) is 20.0. The van der Waals surface area contributed by atoms with Crippen molar-refractivity contribution in [1.82, 2.24) is 4.90 Å². The van der Waals surface area contributed by atoms with Gasteiger partial charge in [-0.05, 0) is 41.5 Å². The van der Waals surface area contributed by atoms with Gasteiger partial charge >= 0.3 is 6.18 Å². The SMILES string of the molecule is CN(C(=O)/C=C/c1ccc(C#N)cc1)C(CF)c1cccc(C(F)(F)F)c1. The van der Waals surface area contributed by atoms with Gasteiger partial charge in [0.15, 0.2) is 0 Å². The lowest BCUT2D eigenvalue weighted by Gasteiger charge is -2.26. The van der Waals surface area contributed by atoms with Gasteiger partial charge in [0.1, 0.15) is 6.67 Å². The molecule has 3 nitrogen and oxygen atoms in total. The minimum Gasteiger partial charge on any atom is -0.333 e. The van der Waals surface area contributed by atoms with E-state index in [0.717, 1.165) is 17.0 Å². The molecule has 1 amide bonds. The third-order valence-electron chi connectivity index (χ3n) is 4.02. The van der Waals surface area contributed by atoms with Gasteiger partial charge in [-0.2, -0.15) is 18.4 Å². The van der Waals surface area contributed by atoms with Gasteiger partial charge in [0, 0.05) is 13.1 Å². The summed E-state index contributed by atoms with van der Waals surface area (Å²) in [5.41, 5.74) is 0.298. The second kappa shape index (κ2) is 8.49. The van der Waals surface area contributed by atoms with E-state index in [1.165, 1.54) is 31.3 Å². The van der Waals surface area contributed by atoms with E-state index in [-0.39, 0.29) is 5.56 Å². The molecule has 0 aliphatic carbocycles. The molecule has 0 radical (unpaired) electrons. The van der Waals surface area contributed by atoms with E-state index in [0.29, 0.717) is 11.1 Å². The average molecular weight is 376 g/mol. The van der Waals surface area contributed by atoms with Crippen molar-refractivity contribution in [1.29, 1.82) is 5.26 Å². The van der Waals surface area contributed by atoms with E-state index < -0.39 is 30.4 Å². The number of alkyl halides is 4. The Hall–Kier alpha value is -3.14. The highest BCUT2D eigenvalue weighted by atomic mass is 19.4. The van der Waals surface area contributed by atoms with Gasteiger partial charge in [-0.3, -0.25) is 4.79 Å². The highest BCUT2D eigenvalue weighted by Gasteiger charge is 2.31. The number of likely N-dealkylation sites (N-methyl/N-ethyl adjacent to an activating group) is 1. The number of halogens is 4. The third-order valence-corrected chi connectivity index (χ3v) is 4.02. The van der Waals surface area contributed by atoms with Crippen molar-refractivity contribution >= 4 is 12.0 Å². The molecular weight excluding hydrogens is 360 g/mol. The zero-order valence-corrected chi connectivity index (χ0v) is 14.4. The molecule has 0 bridgehead atoms. The summed E-state index contributed by atoms with van der Waals surface area (Å²) in [7, 11) is 1.33. The maximum atomic E-state index is 13.5. The first-order valence-corrected chi connectivity index (χ1v) is 7.94. The zero-order valence-electron chi connectivity index (χ0n) is 14.4. The number of carbonyl (C=O) groups excluding carboxylic acids is 1. The Morgan fingerprint density at radius 1 is 1.22 bits per heavy atom. The molecule has 1 unspecified atom stereocenters. The van der Waals surface area contributed by atoms with Crippen LogP contribution in [0.4, 0.5) is 17.6 Å². The maximum Gasteiger partial charge on any atom is 0.416 e. The second-order valence-electron chi connectivity index (χ2n) is 5.81. The molecule has 0 saturated carbocycles. The number of hydrogen-bond acceptors (Lipinski definition) is 2. The number of nitrogens with zero attached hydrogens (tertiary/aromatic N) is 2. The van der Waals surface area contributed by atoms with Crippen LogP contribution >= 0.6 is 0 Å². The lowest BCUT2D eigenvalue weighted by atomic mass is 10.0. The van der Waals surface area contributed by atoms with Crippen molar-refractivity contribution in [3.63, 3.8) is 0 Å². The first-order chi connectivity index (χ1) is 12.8. The molecule has 0 fully saturated rings. The fourth-order valence-corrected chi connectivity index (χ4v) is 2.45. The van der Waals surface area contributed by atoms with Gasteiger partial charge in [-0.25, -0.2) is 4.39 Å². The first-order valence-electron chi connectivity index (χ1n) is 7.94. The van der Waals surface area contributed by atoms with E-state index in [9.17, 15) is 22.4 Å². The summed E-state index contributed by atoms with van der Waals surface area (Å²) >= 11 is 0. The molecule has 1 atom stereocenters. The van der Waals surface area contributed by atoms with Gasteiger partial charge in [-0.1, -0.05) is 24.3 Å². The molecule has 27 heavy (non-hydrogen) atoms. The van der Waals surface area contributed by atoms with Crippen molar-refractivity contribution in [2.45, 2.75) is 12.2 Å². The summed E-state index contributed by atoms with van der Waals surface area (Å²) in [6.45, 7) is -1.02. The van der Waals surface area contributed by atoms with Gasteiger partial charge in [0.2, 0.25) is 5.91 Å². The normalized spacial score (nSPS) is 12.6. The summed E-state index contributed by atoms with van der Waals surface area (Å²) in [6, 6.07) is 11.6. The topological polar surface area (TPSA) is 44.1 Å². The van der Waals surface area contributed by atoms with Gasteiger partial charge in [0.05, 0.1) is 23.2 Å². The van der Waals surface area contributed by atoms with Crippen LogP contribution in [0.5, 0.6) is 0 Å². The first kappa shape index (κ1) is 20.2. The van der Waals surface area contributed by atoms with Crippen LogP contribution in [0.1, 0.15) is 28.3 Å². The molecule has 2 aromatic carbocycles. The van der Waals surface area contributed by atoms with E-state index in [1.807, 2.05) is 6.07 Å². The fraction of sp³-hybridized carbons (Fsp3) is 0.200. The Labute approximate surface area is 154 Å². The van der Waals surface area contributed by atoms with Crippen molar-refractivity contribution in [3.05, 3.63) is 76.9 Å². The summed E-state index contributed by atoms with van der Waals surface area (Å²) in [5.74, 6) is -0.556. The lowest BCUT2D eigenvalue weighted by Crippen LogP contribution is -2.31. The van der Waals surface area contributed by atoms with Crippen LogP contribution in [0.3, 0.4) is 0 Å². The van der Waals surface area contributed by atoms with Crippen LogP contribution in [-0.4, -0.2) is 24.5 Å². The van der Waals surface area contributed by atoms with Gasteiger partial charge in [0.25, 0.3) is 0 Å². The Balaban J connectivity index is 2.18. The predicted molar refractivity (Wildman–Crippen MR) is 93.1 cm³/mol. The van der Waals surface area contributed by atoms with Crippen molar-refractivity contribution < 1.29 is 22.4 Å². The van der Waals surface area contributed by atoms with Crippen LogP contribution < -0.4 is 0 Å². The number of benzene rings is 2. The van der Waals surface area contributed by atoms with Crippen LogP contribution in [0.15, 0.2) is 54.6 Å². The molecule has 140 valence electrons. The van der Waals surface area contributed by atoms with Crippen LogP contribution in [-0.2, 0) is 11.0 Å². The van der Waals surface area contributed by atoms with Crippen molar-refractivity contribution in [3.8, 4) is 6.07 Å². The number of rotatable bonds is 5. The van der Waals surface area contributed by atoms with E-state index in [2.05, 4.69) is 0 Å². The standard InChI is InChI=1S/C20H16F4N2O/c1-26(19(27)10-9-14-5-7-15(13-25)8-6-14)18(12-21)16-3-2-4-17(11-16)20(22,23)24/h2-11,18H,12H2,1H3/b10-9+. The Kier molecular flexibility index (Phi) is 6.35. The summed E-state index contributed by atoms with van der Waals surface area (Å²) < 4.78 is 52.1. The largest absolute Gasteiger partial charge is 0.416 e. The summed E-state index contributed by atoms with van der Waals surface area (Å²) in [6.07, 6.45) is -1.85. The van der Waals surface area contributed by atoms with Crippen LogP contribution in [0.25, 0.3) is 6.08 Å². The van der Waals surface area contributed by atoms with E-state index in [4.69, 9.17) is 5.26 Å². The quantitative estimate of drug-likeness (QED) is 0.558. The molecule has 7 heteroatoms. The molecule has 0 N–H and O–H groups in total. The predicted octanol–water partition coefficient (Wildman–Crippen LogP) is 4.76. The smallest absolute Gasteiger partial charge is 0.333 e. The molecule has 0 aliphatic rings. The monoisotopic (exact) mass is 376 g/mol. The number of amides is 1. The number of nitriles is 1. The Morgan fingerprint density at radius 3 is 2.44 bits per heavy atom. The summed E-state index contributed by atoms with van der Waals surface area (Å²) in [5, 5.41) is 8.75. The average Bonchev–Trinajstić information content (AvgIpc) is 2.66. The molecule has 0 aromatic heterocycles. The van der Waals surface area contributed by atoms with E-state index in [1.54, 1.807) is 24.3 Å². The molecule has 0 aliphatic heterocycles. The van der Waals surface area contributed by atoms with Crippen LogP contribution in [0, 0.1) is 11.3 Å². The molecule has 2 rings (SSSR count). The lowest BCUT2D eigenvalue weighted by molar-refractivity contribution is -0.137. The summed E-state index contributed by atoms with van der Waals surface area (Å²) in [4.78, 5) is 13.3. The van der Waals surface area contributed by atoms with Crippen molar-refractivity contribution in [2.75, 3.05) is 13.7 Å². The van der Waals surface area contributed by atoms with Gasteiger partial charge in [-0.15, -0.1) is 0 Å². The molecule has 0 spiro atoms. The third kappa shape index (κ3) is 5.17. The van der Waals surface area contributed by atoms with Crippen LogP contribution in [0.2, 0.25) is 0 Å². The molecular formula is C20H16F4N2O. The molecule has 0 heterocycles. The maximum absolute atomic E-state index is 13.5. The Bertz CT molecular complexity index is 867. The number of hydrogen-bond donors (Lipinski definition) is 0.